The number of benzene rings is 1. The summed E-state index contributed by atoms with van der Waals surface area (Å²) in [5.74, 6) is -0.230. The Morgan fingerprint density at radius 1 is 1.53 bits per heavy atom. The first kappa shape index (κ1) is 14.5. The second-order valence-corrected chi connectivity index (χ2v) is 6.00. The molecule has 1 aromatic rings. The summed E-state index contributed by atoms with van der Waals surface area (Å²) in [5, 5.41) is 3.01. The van der Waals surface area contributed by atoms with Gasteiger partial charge < -0.3 is 10.2 Å². The van der Waals surface area contributed by atoms with Crippen molar-refractivity contribution in [2.24, 2.45) is 5.92 Å². The van der Waals surface area contributed by atoms with E-state index in [1.165, 1.54) is 6.07 Å². The van der Waals surface area contributed by atoms with Crippen LogP contribution in [0.5, 0.6) is 0 Å². The van der Waals surface area contributed by atoms with E-state index in [1.54, 1.807) is 12.1 Å². The summed E-state index contributed by atoms with van der Waals surface area (Å²) in [6.07, 6.45) is 0.927. The van der Waals surface area contributed by atoms with Crippen LogP contribution in [-0.2, 0) is 0 Å². The topological polar surface area (TPSA) is 32.3 Å². The molecule has 2 atom stereocenters. The Labute approximate surface area is 121 Å². The SMILES string of the molecule is CC1CN(C)CCC1NC(=O)c1cccc(F)c1Br. The second kappa shape index (κ2) is 6.01. The fraction of sp³-hybridized carbons (Fsp3) is 0.500. The van der Waals surface area contributed by atoms with Gasteiger partial charge in [-0.2, -0.15) is 0 Å². The van der Waals surface area contributed by atoms with E-state index in [-0.39, 0.29) is 16.4 Å². The van der Waals surface area contributed by atoms with Gasteiger partial charge in [-0.1, -0.05) is 13.0 Å². The van der Waals surface area contributed by atoms with Gasteiger partial charge in [-0.25, -0.2) is 4.39 Å². The third kappa shape index (κ3) is 3.34. The monoisotopic (exact) mass is 328 g/mol. The molecule has 19 heavy (non-hydrogen) atoms. The highest BCUT2D eigenvalue weighted by Crippen LogP contribution is 2.22. The molecule has 1 aliphatic rings. The van der Waals surface area contributed by atoms with E-state index >= 15 is 0 Å². The maximum Gasteiger partial charge on any atom is 0.252 e. The number of piperidine rings is 1. The number of carbonyl (C=O) groups is 1. The molecule has 0 aliphatic carbocycles. The minimum atomic E-state index is -0.413. The maximum absolute atomic E-state index is 13.4. The number of hydrogen-bond donors (Lipinski definition) is 1. The van der Waals surface area contributed by atoms with Crippen molar-refractivity contribution in [3.8, 4) is 0 Å². The van der Waals surface area contributed by atoms with E-state index in [4.69, 9.17) is 0 Å². The highest BCUT2D eigenvalue weighted by atomic mass is 79.9. The van der Waals surface area contributed by atoms with Gasteiger partial charge in [-0.15, -0.1) is 0 Å². The number of likely N-dealkylation sites (tertiary alicyclic amines) is 1. The summed E-state index contributed by atoms with van der Waals surface area (Å²) in [6, 6.07) is 4.66. The molecule has 1 heterocycles. The number of nitrogens with one attached hydrogen (secondary N) is 1. The van der Waals surface area contributed by atoms with Crippen molar-refractivity contribution < 1.29 is 9.18 Å². The lowest BCUT2D eigenvalue weighted by Gasteiger charge is -2.35. The van der Waals surface area contributed by atoms with Gasteiger partial charge in [0.25, 0.3) is 5.91 Å². The normalized spacial score (nSPS) is 24.2. The fourth-order valence-electron chi connectivity index (χ4n) is 2.49. The van der Waals surface area contributed by atoms with Crippen LogP contribution in [0.25, 0.3) is 0 Å². The highest BCUT2D eigenvalue weighted by Gasteiger charge is 2.26. The van der Waals surface area contributed by atoms with Crippen LogP contribution >= 0.6 is 15.9 Å². The zero-order valence-electron chi connectivity index (χ0n) is 11.1. The summed E-state index contributed by atoms with van der Waals surface area (Å²) in [5.41, 5.74) is 0.353. The molecule has 1 aromatic carbocycles. The molecule has 1 saturated heterocycles. The smallest absolute Gasteiger partial charge is 0.252 e. The van der Waals surface area contributed by atoms with E-state index in [0.29, 0.717) is 11.5 Å². The lowest BCUT2D eigenvalue weighted by atomic mass is 9.94. The summed E-state index contributed by atoms with van der Waals surface area (Å²) in [7, 11) is 2.08. The first-order valence-electron chi connectivity index (χ1n) is 6.42. The van der Waals surface area contributed by atoms with Crippen molar-refractivity contribution in [3.63, 3.8) is 0 Å². The largest absolute Gasteiger partial charge is 0.349 e. The Morgan fingerprint density at radius 3 is 2.95 bits per heavy atom. The van der Waals surface area contributed by atoms with Crippen molar-refractivity contribution >= 4 is 21.8 Å². The summed E-state index contributed by atoms with van der Waals surface area (Å²) < 4.78 is 13.6. The zero-order valence-corrected chi connectivity index (χ0v) is 12.7. The Hall–Kier alpha value is -0.940. The number of nitrogens with zero attached hydrogens (tertiary/aromatic N) is 1. The zero-order chi connectivity index (χ0) is 14.0. The van der Waals surface area contributed by atoms with Crippen molar-refractivity contribution in [2.75, 3.05) is 20.1 Å². The average Bonchev–Trinajstić information content (AvgIpc) is 2.36. The van der Waals surface area contributed by atoms with Crippen LogP contribution in [0.3, 0.4) is 0 Å². The Bertz CT molecular complexity index is 481. The third-order valence-electron chi connectivity index (χ3n) is 3.62. The molecular weight excluding hydrogens is 311 g/mol. The molecule has 0 spiro atoms. The van der Waals surface area contributed by atoms with Gasteiger partial charge in [0.15, 0.2) is 0 Å². The predicted molar refractivity (Wildman–Crippen MR) is 76.6 cm³/mol. The fourth-order valence-corrected chi connectivity index (χ4v) is 2.94. The third-order valence-corrected chi connectivity index (χ3v) is 4.43. The summed E-state index contributed by atoms with van der Waals surface area (Å²) in [4.78, 5) is 14.4. The van der Waals surface area contributed by atoms with Crippen LogP contribution in [0.1, 0.15) is 23.7 Å². The Kier molecular flexibility index (Phi) is 4.58. The molecule has 5 heteroatoms. The van der Waals surface area contributed by atoms with Crippen LogP contribution in [-0.4, -0.2) is 37.0 Å². The lowest BCUT2D eigenvalue weighted by molar-refractivity contribution is 0.0882. The molecule has 1 fully saturated rings. The van der Waals surface area contributed by atoms with Gasteiger partial charge in [0, 0.05) is 12.6 Å². The maximum atomic E-state index is 13.4. The van der Waals surface area contributed by atoms with E-state index in [1.807, 2.05) is 0 Å². The highest BCUT2D eigenvalue weighted by molar-refractivity contribution is 9.10. The molecule has 0 bridgehead atoms. The molecule has 0 saturated carbocycles. The van der Waals surface area contributed by atoms with Gasteiger partial charge >= 0.3 is 0 Å². The van der Waals surface area contributed by atoms with Crippen molar-refractivity contribution in [1.82, 2.24) is 10.2 Å². The van der Waals surface area contributed by atoms with Gasteiger partial charge in [0.1, 0.15) is 5.82 Å². The predicted octanol–water partition coefficient (Wildman–Crippen LogP) is 2.66. The quantitative estimate of drug-likeness (QED) is 0.905. The standard InChI is InChI=1S/C14H18BrFN2O/c1-9-8-18(2)7-6-12(9)17-14(19)10-4-3-5-11(16)13(10)15/h3-5,9,12H,6-8H2,1-2H3,(H,17,19). The van der Waals surface area contributed by atoms with E-state index in [9.17, 15) is 9.18 Å². The molecule has 2 rings (SSSR count). The van der Waals surface area contributed by atoms with Gasteiger partial charge in [0.2, 0.25) is 0 Å². The average molecular weight is 329 g/mol. The minimum Gasteiger partial charge on any atom is -0.349 e. The molecule has 1 amide bonds. The Morgan fingerprint density at radius 2 is 2.26 bits per heavy atom. The van der Waals surface area contributed by atoms with Gasteiger partial charge in [0.05, 0.1) is 10.0 Å². The molecule has 1 N–H and O–H groups in total. The molecule has 1 aliphatic heterocycles. The summed E-state index contributed by atoms with van der Waals surface area (Å²) >= 11 is 3.13. The molecular formula is C14H18BrFN2O. The number of halogens is 2. The van der Waals surface area contributed by atoms with Crippen LogP contribution in [0.4, 0.5) is 4.39 Å². The van der Waals surface area contributed by atoms with Crippen LogP contribution < -0.4 is 5.32 Å². The van der Waals surface area contributed by atoms with Crippen LogP contribution in [0.2, 0.25) is 0 Å². The Balaban J connectivity index is 2.07. The van der Waals surface area contributed by atoms with E-state index < -0.39 is 5.82 Å². The second-order valence-electron chi connectivity index (χ2n) is 5.21. The number of carbonyl (C=O) groups excluding carboxylic acids is 1. The van der Waals surface area contributed by atoms with Gasteiger partial charge in [-0.05, 0) is 54.0 Å². The van der Waals surface area contributed by atoms with Crippen molar-refractivity contribution in [2.45, 2.75) is 19.4 Å². The first-order valence-corrected chi connectivity index (χ1v) is 7.21. The van der Waals surface area contributed by atoms with E-state index in [0.717, 1.165) is 19.5 Å². The van der Waals surface area contributed by atoms with Crippen molar-refractivity contribution in [1.29, 1.82) is 0 Å². The molecule has 0 radical (unpaired) electrons. The van der Waals surface area contributed by atoms with E-state index in [2.05, 4.69) is 40.1 Å². The first-order chi connectivity index (χ1) is 8.99. The molecule has 0 aromatic heterocycles. The molecule has 104 valence electrons. The number of hydrogen-bond acceptors (Lipinski definition) is 2. The molecule has 2 unspecified atom stereocenters. The number of rotatable bonds is 2. The van der Waals surface area contributed by atoms with Crippen LogP contribution in [0, 0.1) is 11.7 Å². The van der Waals surface area contributed by atoms with Crippen LogP contribution in [0.15, 0.2) is 22.7 Å². The van der Waals surface area contributed by atoms with Crippen molar-refractivity contribution in [3.05, 3.63) is 34.1 Å². The molecule has 3 nitrogen and oxygen atoms in total. The summed E-state index contributed by atoms with van der Waals surface area (Å²) in [6.45, 7) is 4.07. The minimum absolute atomic E-state index is 0.152. The lowest BCUT2D eigenvalue weighted by Crippen LogP contribution is -2.48. The number of amides is 1. The van der Waals surface area contributed by atoms with Gasteiger partial charge in [-0.3, -0.25) is 4.79 Å².